The van der Waals surface area contributed by atoms with Crippen LogP contribution in [0.15, 0.2) is 12.1 Å². The summed E-state index contributed by atoms with van der Waals surface area (Å²) < 4.78 is 33.2. The molecule has 0 saturated heterocycles. The van der Waals surface area contributed by atoms with Crippen LogP contribution in [0.1, 0.15) is 63.9 Å². The second-order valence-corrected chi connectivity index (χ2v) is 7.24. The zero-order chi connectivity index (χ0) is 16.7. The molecule has 130 valence electrons. The molecule has 0 unspecified atom stereocenters. The van der Waals surface area contributed by atoms with E-state index in [1.807, 2.05) is 0 Å². The van der Waals surface area contributed by atoms with Crippen molar-refractivity contribution >= 4 is 15.9 Å². The lowest BCUT2D eigenvalue weighted by atomic mass is 9.80. The molecule has 4 heteroatoms. The average molecular weight is 389 g/mol. The quantitative estimate of drug-likeness (QED) is 0.358. The molecule has 1 aromatic carbocycles. The highest BCUT2D eigenvalue weighted by atomic mass is 79.9. The third-order valence-electron chi connectivity index (χ3n) is 4.93. The molecule has 0 aliphatic heterocycles. The maximum atomic E-state index is 13.9. The average Bonchev–Trinajstić information content (AvgIpc) is 2.58. The Balaban J connectivity index is 1.76. The van der Waals surface area contributed by atoms with Crippen LogP contribution in [0.3, 0.4) is 0 Å². The van der Waals surface area contributed by atoms with Crippen molar-refractivity contribution in [3.8, 4) is 5.75 Å². The van der Waals surface area contributed by atoms with Crippen molar-refractivity contribution in [2.75, 3.05) is 6.61 Å². The predicted molar refractivity (Wildman–Crippen MR) is 94.1 cm³/mol. The number of rotatable bonds is 8. The van der Waals surface area contributed by atoms with Crippen LogP contribution in [0, 0.1) is 23.5 Å². The number of hydrogen-bond acceptors (Lipinski definition) is 1. The smallest absolute Gasteiger partial charge is 0.200 e. The second kappa shape index (κ2) is 9.61. The van der Waals surface area contributed by atoms with Gasteiger partial charge in [0.2, 0.25) is 5.82 Å². The number of benzene rings is 1. The summed E-state index contributed by atoms with van der Waals surface area (Å²) in [7, 11) is 0. The van der Waals surface area contributed by atoms with Gasteiger partial charge in [0.25, 0.3) is 0 Å². The normalized spacial score (nSPS) is 21.4. The van der Waals surface area contributed by atoms with E-state index in [0.29, 0.717) is 23.4 Å². The van der Waals surface area contributed by atoms with Crippen molar-refractivity contribution in [2.45, 2.75) is 63.6 Å². The number of hydrogen-bond donors (Lipinski definition) is 0. The second-order valence-electron chi connectivity index (χ2n) is 6.68. The van der Waals surface area contributed by atoms with Gasteiger partial charge in [-0.25, -0.2) is 4.39 Å². The molecular weight excluding hydrogens is 362 g/mol. The van der Waals surface area contributed by atoms with E-state index in [1.54, 1.807) is 6.07 Å². The minimum absolute atomic E-state index is 0.0391. The molecule has 0 aromatic heterocycles. The van der Waals surface area contributed by atoms with Gasteiger partial charge in [0, 0.05) is 10.9 Å². The standard InChI is InChI=1S/C19H27BrF2O/c1-2-3-4-5-14-6-8-15(9-7-14)13-23-17-11-10-16(12-20)18(21)19(17)22/h10-11,14-15H,2-9,12-13H2,1H3/t14-,15-. The molecule has 23 heavy (non-hydrogen) atoms. The van der Waals surface area contributed by atoms with Gasteiger partial charge in [0.1, 0.15) is 0 Å². The summed E-state index contributed by atoms with van der Waals surface area (Å²) in [6.45, 7) is 2.73. The summed E-state index contributed by atoms with van der Waals surface area (Å²) in [6, 6.07) is 3.11. The summed E-state index contributed by atoms with van der Waals surface area (Å²) in [5.74, 6) is -0.313. The van der Waals surface area contributed by atoms with Gasteiger partial charge in [0.05, 0.1) is 6.61 Å². The van der Waals surface area contributed by atoms with Crippen LogP contribution in [0.4, 0.5) is 8.78 Å². The lowest BCUT2D eigenvalue weighted by Crippen LogP contribution is -2.20. The Hall–Kier alpha value is -0.640. The van der Waals surface area contributed by atoms with Crippen LogP contribution >= 0.6 is 15.9 Å². The van der Waals surface area contributed by atoms with Crippen molar-refractivity contribution in [2.24, 2.45) is 11.8 Å². The number of ether oxygens (including phenoxy) is 1. The van der Waals surface area contributed by atoms with Gasteiger partial charge in [-0.1, -0.05) is 67.4 Å². The molecule has 0 bridgehead atoms. The van der Waals surface area contributed by atoms with Crippen LogP contribution in [-0.2, 0) is 5.33 Å². The van der Waals surface area contributed by atoms with Crippen molar-refractivity contribution in [1.82, 2.24) is 0 Å². The lowest BCUT2D eigenvalue weighted by Gasteiger charge is -2.28. The largest absolute Gasteiger partial charge is 0.490 e. The molecule has 1 aliphatic rings. The third kappa shape index (κ3) is 5.44. The Morgan fingerprint density at radius 2 is 1.74 bits per heavy atom. The molecular formula is C19H27BrF2O. The summed E-state index contributed by atoms with van der Waals surface area (Å²) in [5, 5.41) is 0.304. The fraction of sp³-hybridized carbons (Fsp3) is 0.684. The molecule has 0 N–H and O–H groups in total. The Kier molecular flexibility index (Phi) is 7.81. The zero-order valence-electron chi connectivity index (χ0n) is 13.9. The molecule has 0 radical (unpaired) electrons. The van der Waals surface area contributed by atoms with Crippen molar-refractivity contribution in [3.05, 3.63) is 29.3 Å². The van der Waals surface area contributed by atoms with E-state index >= 15 is 0 Å². The molecule has 0 atom stereocenters. The predicted octanol–water partition coefficient (Wildman–Crippen LogP) is 6.63. The summed E-state index contributed by atoms with van der Waals surface area (Å²) in [4.78, 5) is 0. The first kappa shape index (κ1) is 18.7. The topological polar surface area (TPSA) is 9.23 Å². The minimum Gasteiger partial charge on any atom is -0.490 e. The number of unbranched alkanes of at least 4 members (excludes halogenated alkanes) is 2. The van der Waals surface area contributed by atoms with Gasteiger partial charge < -0.3 is 4.74 Å². The first-order valence-electron chi connectivity index (χ1n) is 8.81. The van der Waals surface area contributed by atoms with E-state index in [4.69, 9.17) is 4.74 Å². The molecule has 0 heterocycles. The molecule has 1 saturated carbocycles. The summed E-state index contributed by atoms with van der Waals surface area (Å²) in [6.07, 6.45) is 10.1. The van der Waals surface area contributed by atoms with Crippen LogP contribution in [-0.4, -0.2) is 6.61 Å². The molecule has 2 rings (SSSR count). The Morgan fingerprint density at radius 1 is 1.04 bits per heavy atom. The van der Waals surface area contributed by atoms with Crippen LogP contribution in [0.25, 0.3) is 0 Å². The molecule has 1 fully saturated rings. The van der Waals surface area contributed by atoms with E-state index < -0.39 is 11.6 Å². The monoisotopic (exact) mass is 388 g/mol. The van der Waals surface area contributed by atoms with E-state index in [0.717, 1.165) is 18.8 Å². The Bertz CT molecular complexity index is 485. The fourth-order valence-electron chi connectivity index (χ4n) is 3.36. The molecule has 1 aromatic rings. The van der Waals surface area contributed by atoms with E-state index in [-0.39, 0.29) is 5.75 Å². The highest BCUT2D eigenvalue weighted by Gasteiger charge is 2.22. The van der Waals surface area contributed by atoms with Gasteiger partial charge in [-0.2, -0.15) is 4.39 Å². The van der Waals surface area contributed by atoms with Gasteiger partial charge in [-0.05, 0) is 30.7 Å². The summed E-state index contributed by atoms with van der Waals surface area (Å²) >= 11 is 3.15. The maximum absolute atomic E-state index is 13.9. The molecule has 0 amide bonds. The van der Waals surface area contributed by atoms with Gasteiger partial charge in [-0.3, -0.25) is 0 Å². The molecule has 0 spiro atoms. The van der Waals surface area contributed by atoms with E-state index in [2.05, 4.69) is 22.9 Å². The minimum atomic E-state index is -0.866. The van der Waals surface area contributed by atoms with Crippen molar-refractivity contribution < 1.29 is 13.5 Å². The van der Waals surface area contributed by atoms with Crippen molar-refractivity contribution in [3.63, 3.8) is 0 Å². The number of alkyl halides is 1. The SMILES string of the molecule is CCCCC[C@H]1CC[C@H](COc2ccc(CBr)c(F)c2F)CC1. The number of halogens is 3. The lowest BCUT2D eigenvalue weighted by molar-refractivity contribution is 0.172. The van der Waals surface area contributed by atoms with E-state index in [9.17, 15) is 8.78 Å². The van der Waals surface area contributed by atoms with Crippen molar-refractivity contribution in [1.29, 1.82) is 0 Å². The van der Waals surface area contributed by atoms with Gasteiger partial charge in [-0.15, -0.1) is 0 Å². The molecule has 1 aliphatic carbocycles. The Labute approximate surface area is 146 Å². The Morgan fingerprint density at radius 3 is 2.39 bits per heavy atom. The first-order chi connectivity index (χ1) is 11.2. The third-order valence-corrected chi connectivity index (χ3v) is 5.53. The summed E-state index contributed by atoms with van der Waals surface area (Å²) in [5.41, 5.74) is 0.322. The fourth-order valence-corrected chi connectivity index (χ4v) is 3.80. The van der Waals surface area contributed by atoms with E-state index in [1.165, 1.54) is 44.6 Å². The van der Waals surface area contributed by atoms with Crippen LogP contribution in [0.2, 0.25) is 0 Å². The maximum Gasteiger partial charge on any atom is 0.200 e. The van der Waals surface area contributed by atoms with Gasteiger partial charge >= 0.3 is 0 Å². The van der Waals surface area contributed by atoms with Gasteiger partial charge in [0.15, 0.2) is 11.6 Å². The molecule has 1 nitrogen and oxygen atoms in total. The first-order valence-corrected chi connectivity index (χ1v) is 9.93. The highest BCUT2D eigenvalue weighted by molar-refractivity contribution is 9.08. The van der Waals surface area contributed by atoms with Crippen LogP contribution in [0.5, 0.6) is 5.75 Å². The zero-order valence-corrected chi connectivity index (χ0v) is 15.5. The highest BCUT2D eigenvalue weighted by Crippen LogP contribution is 2.33. The van der Waals surface area contributed by atoms with Crippen LogP contribution < -0.4 is 4.74 Å².